The Kier molecular flexibility index (Phi) is 4.62. The number of nitrogens with one attached hydrogen (secondary N) is 1. The Bertz CT molecular complexity index is 338. The molecule has 1 fully saturated rings. The van der Waals surface area contributed by atoms with Gasteiger partial charge in [0.25, 0.3) is 5.88 Å². The summed E-state index contributed by atoms with van der Waals surface area (Å²) in [5.74, 6) is 1.39. The lowest BCUT2D eigenvalue weighted by Crippen LogP contribution is -2.34. The number of hydrogen-bond donors (Lipinski definition) is 1. The first-order chi connectivity index (χ1) is 8.40. The standard InChI is InChI=1S/C13H20N2O2/c1-2-10-16-12-4-3-7-15-13(12)17-11-5-8-14-9-6-11/h3-4,7,11,14H,2,5-6,8-10H2,1H3. The molecule has 0 spiro atoms. The number of rotatable bonds is 5. The van der Waals surface area contributed by atoms with Gasteiger partial charge in [-0.3, -0.25) is 0 Å². The van der Waals surface area contributed by atoms with Crippen molar-refractivity contribution >= 4 is 0 Å². The molecule has 0 aromatic carbocycles. The van der Waals surface area contributed by atoms with Gasteiger partial charge in [-0.15, -0.1) is 0 Å². The number of pyridine rings is 1. The third-order valence-corrected chi connectivity index (χ3v) is 2.76. The van der Waals surface area contributed by atoms with Crippen molar-refractivity contribution in [1.29, 1.82) is 0 Å². The largest absolute Gasteiger partial charge is 0.488 e. The highest BCUT2D eigenvalue weighted by Crippen LogP contribution is 2.26. The maximum Gasteiger partial charge on any atom is 0.257 e. The summed E-state index contributed by atoms with van der Waals surface area (Å²) < 4.78 is 11.5. The Labute approximate surface area is 102 Å². The van der Waals surface area contributed by atoms with Crippen molar-refractivity contribution in [2.45, 2.75) is 32.3 Å². The average molecular weight is 236 g/mol. The molecule has 1 N–H and O–H groups in total. The Morgan fingerprint density at radius 1 is 1.41 bits per heavy atom. The lowest BCUT2D eigenvalue weighted by molar-refractivity contribution is 0.147. The number of nitrogens with zero attached hydrogens (tertiary/aromatic N) is 1. The third-order valence-electron chi connectivity index (χ3n) is 2.76. The fourth-order valence-corrected chi connectivity index (χ4v) is 1.86. The topological polar surface area (TPSA) is 43.4 Å². The summed E-state index contributed by atoms with van der Waals surface area (Å²) in [5, 5.41) is 3.32. The van der Waals surface area contributed by atoms with Crippen molar-refractivity contribution in [2.75, 3.05) is 19.7 Å². The van der Waals surface area contributed by atoms with Crippen LogP contribution in [0.2, 0.25) is 0 Å². The number of aromatic nitrogens is 1. The van der Waals surface area contributed by atoms with E-state index in [1.54, 1.807) is 6.20 Å². The predicted molar refractivity (Wildman–Crippen MR) is 66.5 cm³/mol. The molecule has 2 heterocycles. The molecular formula is C13H20N2O2. The highest BCUT2D eigenvalue weighted by Gasteiger charge is 2.17. The van der Waals surface area contributed by atoms with E-state index in [2.05, 4.69) is 17.2 Å². The fraction of sp³-hybridized carbons (Fsp3) is 0.615. The maximum absolute atomic E-state index is 5.91. The molecule has 1 aliphatic rings. The normalized spacial score (nSPS) is 16.8. The molecule has 1 aliphatic heterocycles. The Morgan fingerprint density at radius 2 is 2.24 bits per heavy atom. The van der Waals surface area contributed by atoms with Crippen LogP contribution in [-0.2, 0) is 0 Å². The molecule has 1 aromatic heterocycles. The zero-order valence-electron chi connectivity index (χ0n) is 10.3. The van der Waals surface area contributed by atoms with Gasteiger partial charge < -0.3 is 14.8 Å². The van der Waals surface area contributed by atoms with Crippen LogP contribution in [0.4, 0.5) is 0 Å². The van der Waals surface area contributed by atoms with E-state index in [4.69, 9.17) is 9.47 Å². The van der Waals surface area contributed by atoms with E-state index in [-0.39, 0.29) is 6.10 Å². The minimum atomic E-state index is 0.259. The third kappa shape index (κ3) is 3.60. The number of ether oxygens (including phenoxy) is 2. The lowest BCUT2D eigenvalue weighted by atomic mass is 10.1. The van der Waals surface area contributed by atoms with Crippen molar-refractivity contribution < 1.29 is 9.47 Å². The second-order valence-electron chi connectivity index (χ2n) is 4.22. The van der Waals surface area contributed by atoms with Gasteiger partial charge >= 0.3 is 0 Å². The first-order valence-electron chi connectivity index (χ1n) is 6.35. The summed E-state index contributed by atoms with van der Waals surface area (Å²) in [6.07, 6.45) is 5.06. The number of piperidine rings is 1. The summed E-state index contributed by atoms with van der Waals surface area (Å²) in [5.41, 5.74) is 0. The minimum Gasteiger partial charge on any atom is -0.488 e. The number of hydrogen-bond acceptors (Lipinski definition) is 4. The van der Waals surface area contributed by atoms with Gasteiger partial charge in [-0.05, 0) is 44.5 Å². The Balaban J connectivity index is 1.98. The smallest absolute Gasteiger partial charge is 0.257 e. The molecule has 0 atom stereocenters. The fourth-order valence-electron chi connectivity index (χ4n) is 1.86. The van der Waals surface area contributed by atoms with Crippen LogP contribution in [0.1, 0.15) is 26.2 Å². The SMILES string of the molecule is CCCOc1cccnc1OC1CCNCC1. The van der Waals surface area contributed by atoms with E-state index in [0.29, 0.717) is 12.5 Å². The van der Waals surface area contributed by atoms with Crippen molar-refractivity contribution in [2.24, 2.45) is 0 Å². The van der Waals surface area contributed by atoms with Crippen molar-refractivity contribution in [3.63, 3.8) is 0 Å². The van der Waals surface area contributed by atoms with Gasteiger partial charge in [-0.2, -0.15) is 0 Å². The molecule has 0 saturated carbocycles. The Hall–Kier alpha value is -1.29. The van der Waals surface area contributed by atoms with E-state index >= 15 is 0 Å². The molecule has 2 rings (SSSR count). The molecule has 17 heavy (non-hydrogen) atoms. The van der Waals surface area contributed by atoms with Gasteiger partial charge in [0, 0.05) is 6.20 Å². The molecule has 0 radical (unpaired) electrons. The first kappa shape index (κ1) is 12.2. The van der Waals surface area contributed by atoms with Gasteiger partial charge in [0.1, 0.15) is 6.10 Å². The molecule has 1 saturated heterocycles. The summed E-state index contributed by atoms with van der Waals surface area (Å²) in [4.78, 5) is 4.26. The van der Waals surface area contributed by atoms with Crippen LogP contribution in [0, 0.1) is 0 Å². The summed E-state index contributed by atoms with van der Waals surface area (Å²) in [7, 11) is 0. The van der Waals surface area contributed by atoms with E-state index in [1.807, 2.05) is 12.1 Å². The van der Waals surface area contributed by atoms with Crippen LogP contribution >= 0.6 is 0 Å². The minimum absolute atomic E-state index is 0.259. The van der Waals surface area contributed by atoms with Crippen LogP contribution in [-0.4, -0.2) is 30.8 Å². The highest BCUT2D eigenvalue weighted by molar-refractivity contribution is 5.32. The molecule has 4 heteroatoms. The van der Waals surface area contributed by atoms with E-state index in [9.17, 15) is 0 Å². The summed E-state index contributed by atoms with van der Waals surface area (Å²) >= 11 is 0. The summed E-state index contributed by atoms with van der Waals surface area (Å²) in [6.45, 7) is 4.82. The van der Waals surface area contributed by atoms with E-state index in [1.165, 1.54) is 0 Å². The van der Waals surface area contributed by atoms with Crippen molar-refractivity contribution in [1.82, 2.24) is 10.3 Å². The van der Waals surface area contributed by atoms with E-state index < -0.39 is 0 Å². The second kappa shape index (κ2) is 6.45. The van der Waals surface area contributed by atoms with Crippen LogP contribution in [0.15, 0.2) is 18.3 Å². The van der Waals surface area contributed by atoms with Gasteiger partial charge in [0.05, 0.1) is 6.61 Å². The zero-order chi connectivity index (χ0) is 11.9. The van der Waals surface area contributed by atoms with Crippen LogP contribution in [0.5, 0.6) is 11.6 Å². The van der Waals surface area contributed by atoms with Crippen LogP contribution < -0.4 is 14.8 Å². The second-order valence-corrected chi connectivity index (χ2v) is 4.22. The molecule has 0 aliphatic carbocycles. The quantitative estimate of drug-likeness (QED) is 0.849. The molecule has 4 nitrogen and oxygen atoms in total. The van der Waals surface area contributed by atoms with Crippen LogP contribution in [0.25, 0.3) is 0 Å². The molecule has 0 bridgehead atoms. The monoisotopic (exact) mass is 236 g/mol. The average Bonchev–Trinajstić information content (AvgIpc) is 2.39. The van der Waals surface area contributed by atoms with Crippen molar-refractivity contribution in [3.8, 4) is 11.6 Å². The Morgan fingerprint density at radius 3 is 3.00 bits per heavy atom. The van der Waals surface area contributed by atoms with Gasteiger partial charge in [0.15, 0.2) is 5.75 Å². The summed E-state index contributed by atoms with van der Waals surface area (Å²) in [6, 6.07) is 3.79. The molecule has 94 valence electrons. The predicted octanol–water partition coefficient (Wildman–Crippen LogP) is 2.00. The van der Waals surface area contributed by atoms with Crippen LogP contribution in [0.3, 0.4) is 0 Å². The van der Waals surface area contributed by atoms with E-state index in [0.717, 1.165) is 38.1 Å². The first-order valence-corrected chi connectivity index (χ1v) is 6.35. The van der Waals surface area contributed by atoms with Gasteiger partial charge in [-0.1, -0.05) is 6.92 Å². The van der Waals surface area contributed by atoms with Crippen molar-refractivity contribution in [3.05, 3.63) is 18.3 Å². The molecular weight excluding hydrogens is 216 g/mol. The molecule has 0 unspecified atom stereocenters. The maximum atomic E-state index is 5.91. The highest BCUT2D eigenvalue weighted by atomic mass is 16.5. The van der Waals surface area contributed by atoms with Gasteiger partial charge in [0.2, 0.25) is 0 Å². The molecule has 0 amide bonds. The molecule has 1 aromatic rings. The van der Waals surface area contributed by atoms with Gasteiger partial charge in [-0.25, -0.2) is 4.98 Å². The lowest BCUT2D eigenvalue weighted by Gasteiger charge is -2.24. The zero-order valence-corrected chi connectivity index (χ0v) is 10.3.